The molecule has 0 atom stereocenters. The molecule has 0 saturated carbocycles. The van der Waals surface area contributed by atoms with Crippen LogP contribution in [0.2, 0.25) is 0 Å². The van der Waals surface area contributed by atoms with Crippen LogP contribution in [0.5, 0.6) is 0 Å². The maximum Gasteiger partial charge on any atom is 0.254 e. The molecule has 0 spiro atoms. The van der Waals surface area contributed by atoms with Crippen LogP contribution in [0.3, 0.4) is 0 Å². The van der Waals surface area contributed by atoms with Gasteiger partial charge in [-0.25, -0.2) is 4.98 Å². The largest absolute Gasteiger partial charge is 0.368 e. The molecule has 2 aliphatic heterocycles. The van der Waals surface area contributed by atoms with Crippen molar-refractivity contribution in [2.45, 2.75) is 27.3 Å². The van der Waals surface area contributed by atoms with E-state index in [0.29, 0.717) is 13.1 Å². The normalized spacial score (nSPS) is 16.4. The minimum atomic E-state index is 0.135. The number of rotatable bonds is 5. The minimum Gasteiger partial charge on any atom is -0.368 e. The topological polar surface area (TPSA) is 42.9 Å². The van der Waals surface area contributed by atoms with Gasteiger partial charge in [0, 0.05) is 75.7 Å². The van der Waals surface area contributed by atoms with E-state index in [1.54, 1.807) is 0 Å². The zero-order valence-corrected chi connectivity index (χ0v) is 22.8. The van der Waals surface area contributed by atoms with Gasteiger partial charge in [-0.2, -0.15) is 0 Å². The monoisotopic (exact) mass is 507 g/mol. The van der Waals surface area contributed by atoms with Crippen LogP contribution in [0, 0.1) is 33.1 Å². The van der Waals surface area contributed by atoms with Crippen molar-refractivity contribution >= 4 is 17.4 Å². The van der Waals surface area contributed by atoms with Crippen LogP contribution < -0.4 is 9.80 Å². The van der Waals surface area contributed by atoms with Gasteiger partial charge in [-0.15, -0.1) is 6.42 Å². The number of nitrogens with zero attached hydrogens (tertiary/aromatic N) is 5. The Kier molecular flexibility index (Phi) is 7.67. The predicted molar refractivity (Wildman–Crippen MR) is 155 cm³/mol. The second kappa shape index (κ2) is 11.3. The Hall–Kier alpha value is -3.82. The van der Waals surface area contributed by atoms with E-state index in [4.69, 9.17) is 6.42 Å². The summed E-state index contributed by atoms with van der Waals surface area (Å²) in [6.07, 6.45) is 5.72. The number of para-hydroxylation sites is 1. The molecule has 2 fully saturated rings. The fourth-order valence-corrected chi connectivity index (χ4v) is 5.57. The van der Waals surface area contributed by atoms with Crippen LogP contribution in [0.15, 0.2) is 54.6 Å². The Labute approximate surface area is 226 Å². The highest BCUT2D eigenvalue weighted by atomic mass is 16.2. The summed E-state index contributed by atoms with van der Waals surface area (Å²) < 4.78 is 0. The van der Waals surface area contributed by atoms with Crippen molar-refractivity contribution in [3.63, 3.8) is 0 Å². The number of hydrogen-bond donors (Lipinski definition) is 0. The van der Waals surface area contributed by atoms with Gasteiger partial charge >= 0.3 is 0 Å². The van der Waals surface area contributed by atoms with E-state index >= 15 is 0 Å². The quantitative estimate of drug-likeness (QED) is 0.483. The van der Waals surface area contributed by atoms with Crippen molar-refractivity contribution in [2.75, 3.05) is 62.2 Å². The molecule has 3 aromatic rings. The SMILES string of the molecule is C#Cc1ccccc1N1CCN(Cc2cc(C(=O)N3CCN(c4cccc(C)n4)CC3)c(C)cc2C)CC1. The predicted octanol–water partition coefficient (Wildman–Crippen LogP) is 4.27. The van der Waals surface area contributed by atoms with E-state index in [2.05, 4.69) is 69.8 Å². The smallest absolute Gasteiger partial charge is 0.254 e. The van der Waals surface area contributed by atoms with Crippen LogP contribution >= 0.6 is 0 Å². The molecule has 2 aromatic carbocycles. The third kappa shape index (κ3) is 5.54. The van der Waals surface area contributed by atoms with Crippen molar-refractivity contribution in [1.82, 2.24) is 14.8 Å². The molecule has 5 rings (SSSR count). The van der Waals surface area contributed by atoms with E-state index in [-0.39, 0.29) is 5.91 Å². The number of hydrogen-bond acceptors (Lipinski definition) is 5. The first-order chi connectivity index (χ1) is 18.4. The third-order valence-electron chi connectivity index (χ3n) is 7.84. The zero-order chi connectivity index (χ0) is 26.6. The van der Waals surface area contributed by atoms with E-state index in [1.807, 2.05) is 36.1 Å². The van der Waals surface area contributed by atoms with E-state index < -0.39 is 0 Å². The number of benzene rings is 2. The van der Waals surface area contributed by atoms with Crippen LogP contribution in [0.4, 0.5) is 11.5 Å². The fraction of sp³-hybridized carbons (Fsp3) is 0.375. The van der Waals surface area contributed by atoms with Gasteiger partial charge in [-0.05, 0) is 67.8 Å². The second-order valence-corrected chi connectivity index (χ2v) is 10.4. The summed E-state index contributed by atoms with van der Waals surface area (Å²) in [4.78, 5) is 27.4. The Morgan fingerprint density at radius 1 is 0.842 bits per heavy atom. The van der Waals surface area contributed by atoms with Crippen LogP contribution in [0.25, 0.3) is 0 Å². The highest BCUT2D eigenvalue weighted by molar-refractivity contribution is 5.96. The van der Waals surface area contributed by atoms with Gasteiger partial charge in [0.1, 0.15) is 5.82 Å². The molecule has 6 nitrogen and oxygen atoms in total. The summed E-state index contributed by atoms with van der Waals surface area (Å²) in [5, 5.41) is 0. The molecule has 2 saturated heterocycles. The molecule has 0 N–H and O–H groups in total. The molecule has 0 bridgehead atoms. The number of aromatic nitrogens is 1. The number of aryl methyl sites for hydroxylation is 3. The molecule has 1 amide bonds. The third-order valence-corrected chi connectivity index (χ3v) is 7.84. The van der Waals surface area contributed by atoms with Crippen molar-refractivity contribution < 1.29 is 4.79 Å². The van der Waals surface area contributed by atoms with Crippen LogP contribution in [-0.4, -0.2) is 73.0 Å². The summed E-state index contributed by atoms with van der Waals surface area (Å²) in [5.41, 5.74) is 7.47. The van der Waals surface area contributed by atoms with E-state index in [9.17, 15) is 4.79 Å². The second-order valence-electron chi connectivity index (χ2n) is 10.4. The van der Waals surface area contributed by atoms with E-state index in [0.717, 1.165) is 79.7 Å². The molecular weight excluding hydrogens is 470 g/mol. The van der Waals surface area contributed by atoms with E-state index in [1.165, 1.54) is 11.1 Å². The molecule has 1 aromatic heterocycles. The van der Waals surface area contributed by atoms with Gasteiger partial charge in [0.2, 0.25) is 0 Å². The van der Waals surface area contributed by atoms with Gasteiger partial charge in [0.25, 0.3) is 5.91 Å². The molecule has 3 heterocycles. The number of amides is 1. The number of carbonyl (C=O) groups excluding carboxylic acids is 1. The average molecular weight is 508 g/mol. The highest BCUT2D eigenvalue weighted by Gasteiger charge is 2.25. The van der Waals surface area contributed by atoms with Crippen molar-refractivity contribution in [3.8, 4) is 12.3 Å². The summed E-state index contributed by atoms with van der Waals surface area (Å²) in [6.45, 7) is 13.9. The maximum atomic E-state index is 13.6. The Morgan fingerprint density at radius 3 is 2.26 bits per heavy atom. The van der Waals surface area contributed by atoms with Crippen molar-refractivity contribution in [1.29, 1.82) is 0 Å². The molecule has 38 heavy (non-hydrogen) atoms. The molecule has 6 heteroatoms. The summed E-state index contributed by atoms with van der Waals surface area (Å²) in [7, 11) is 0. The lowest BCUT2D eigenvalue weighted by Gasteiger charge is -2.37. The molecule has 0 unspecified atom stereocenters. The number of carbonyl (C=O) groups is 1. The molecule has 2 aliphatic rings. The van der Waals surface area contributed by atoms with Gasteiger partial charge in [-0.3, -0.25) is 9.69 Å². The summed E-state index contributed by atoms with van der Waals surface area (Å²) >= 11 is 0. The lowest BCUT2D eigenvalue weighted by Crippen LogP contribution is -2.49. The minimum absolute atomic E-state index is 0.135. The lowest BCUT2D eigenvalue weighted by atomic mass is 9.98. The standard InChI is InChI=1S/C32H37N5O/c1-5-27-10-6-7-11-30(27)35-15-13-34(14-16-35)23-28-22-29(25(3)21-24(28)2)32(38)37-19-17-36(18-20-37)31-12-8-9-26(4)33-31/h1,6-12,21-22H,13-20,23H2,2-4H3. The molecule has 0 aliphatic carbocycles. The Bertz CT molecular complexity index is 1340. The highest BCUT2D eigenvalue weighted by Crippen LogP contribution is 2.24. The maximum absolute atomic E-state index is 13.6. The number of terminal acetylenes is 1. The molecule has 0 radical (unpaired) electrons. The number of pyridine rings is 1. The number of anilines is 2. The van der Waals surface area contributed by atoms with Crippen molar-refractivity contribution in [2.24, 2.45) is 0 Å². The summed E-state index contributed by atoms with van der Waals surface area (Å²) in [5.74, 6) is 3.95. The fourth-order valence-electron chi connectivity index (χ4n) is 5.57. The average Bonchev–Trinajstić information content (AvgIpc) is 2.94. The zero-order valence-electron chi connectivity index (χ0n) is 22.8. The Morgan fingerprint density at radius 2 is 1.55 bits per heavy atom. The molecular formula is C32H37N5O. The number of piperazine rings is 2. The van der Waals surface area contributed by atoms with Gasteiger partial charge in [0.15, 0.2) is 0 Å². The Balaban J connectivity index is 1.22. The van der Waals surface area contributed by atoms with Crippen LogP contribution in [0.1, 0.15) is 38.3 Å². The summed E-state index contributed by atoms with van der Waals surface area (Å²) in [6, 6.07) is 18.6. The first kappa shape index (κ1) is 25.8. The lowest BCUT2D eigenvalue weighted by molar-refractivity contribution is 0.0745. The van der Waals surface area contributed by atoms with Crippen LogP contribution in [-0.2, 0) is 6.54 Å². The van der Waals surface area contributed by atoms with Gasteiger partial charge in [-0.1, -0.05) is 30.2 Å². The first-order valence-electron chi connectivity index (χ1n) is 13.5. The first-order valence-corrected chi connectivity index (χ1v) is 13.5. The molecule has 196 valence electrons. The van der Waals surface area contributed by atoms with Crippen molar-refractivity contribution in [3.05, 3.63) is 88.1 Å². The van der Waals surface area contributed by atoms with Gasteiger partial charge < -0.3 is 14.7 Å². The van der Waals surface area contributed by atoms with Gasteiger partial charge in [0.05, 0.1) is 5.69 Å².